The van der Waals surface area contributed by atoms with E-state index in [1.165, 1.54) is 34.9 Å². The molecule has 0 radical (unpaired) electrons. The van der Waals surface area contributed by atoms with E-state index in [9.17, 15) is 27.9 Å². The van der Waals surface area contributed by atoms with Crippen LogP contribution in [0.25, 0.3) is 0 Å². The van der Waals surface area contributed by atoms with Gasteiger partial charge >= 0.3 is 5.97 Å². The number of aliphatic carboxylic acids is 1. The third kappa shape index (κ3) is 3.96. The molecule has 2 amide bonds. The number of hydrogen-bond acceptors (Lipinski definition) is 5. The number of anilines is 1. The lowest BCUT2D eigenvalue weighted by Gasteiger charge is -2.29. The van der Waals surface area contributed by atoms with E-state index in [1.807, 2.05) is 0 Å². The fourth-order valence-corrected chi connectivity index (χ4v) is 3.87. The molecule has 0 spiro atoms. The first-order valence-corrected chi connectivity index (χ1v) is 10.1. The number of sulfonamides is 1. The van der Waals surface area contributed by atoms with Crippen molar-refractivity contribution in [2.75, 3.05) is 11.4 Å². The van der Waals surface area contributed by atoms with E-state index in [0.717, 1.165) is 12.8 Å². The second kappa shape index (κ2) is 6.93. The highest BCUT2D eigenvalue weighted by Crippen LogP contribution is 2.33. The zero-order chi connectivity index (χ0) is 19.9. The van der Waals surface area contributed by atoms with Crippen LogP contribution < -0.4 is 10.0 Å². The van der Waals surface area contributed by atoms with Crippen LogP contribution in [0.15, 0.2) is 29.2 Å². The quantitative estimate of drug-likeness (QED) is 0.703. The first kappa shape index (κ1) is 19.3. The van der Waals surface area contributed by atoms with Gasteiger partial charge in [0.2, 0.25) is 21.8 Å². The highest BCUT2D eigenvalue weighted by molar-refractivity contribution is 7.89. The minimum Gasteiger partial charge on any atom is -0.480 e. The number of nitrogens with zero attached hydrogens (tertiary/aromatic N) is 2. The maximum Gasteiger partial charge on any atom is 0.326 e. The van der Waals surface area contributed by atoms with Crippen LogP contribution in [0, 0.1) is 5.92 Å². The predicted molar refractivity (Wildman–Crippen MR) is 95.2 cm³/mol. The van der Waals surface area contributed by atoms with Gasteiger partial charge in [-0.2, -0.15) is 0 Å². The highest BCUT2D eigenvalue weighted by Gasteiger charge is 2.44. The molecule has 146 valence electrons. The molecule has 10 heteroatoms. The van der Waals surface area contributed by atoms with Crippen LogP contribution in [0.5, 0.6) is 0 Å². The zero-order valence-electron chi connectivity index (χ0n) is 14.7. The van der Waals surface area contributed by atoms with E-state index in [2.05, 4.69) is 0 Å². The van der Waals surface area contributed by atoms with Gasteiger partial charge in [-0.25, -0.2) is 18.4 Å². The first-order chi connectivity index (χ1) is 12.6. The van der Waals surface area contributed by atoms with Gasteiger partial charge in [-0.1, -0.05) is 6.07 Å². The molecule has 2 aliphatic rings. The van der Waals surface area contributed by atoms with Crippen molar-refractivity contribution < 1.29 is 27.9 Å². The average molecular weight is 395 g/mol. The van der Waals surface area contributed by atoms with Crippen molar-refractivity contribution in [3.8, 4) is 0 Å². The zero-order valence-corrected chi connectivity index (χ0v) is 15.6. The van der Waals surface area contributed by atoms with Gasteiger partial charge in [-0.05, 0) is 38.0 Å². The molecule has 0 bridgehead atoms. The van der Waals surface area contributed by atoms with Crippen molar-refractivity contribution in [2.24, 2.45) is 11.1 Å². The molecule has 2 unspecified atom stereocenters. The van der Waals surface area contributed by atoms with Crippen LogP contribution in [0.2, 0.25) is 0 Å². The van der Waals surface area contributed by atoms with Crippen LogP contribution in [0.4, 0.5) is 5.69 Å². The summed E-state index contributed by atoms with van der Waals surface area (Å²) >= 11 is 0. The number of carbonyl (C=O) groups excluding carboxylic acids is 2. The lowest BCUT2D eigenvalue weighted by Crippen LogP contribution is -2.47. The second-order valence-corrected chi connectivity index (χ2v) is 8.50. The Labute approximate surface area is 156 Å². The predicted octanol–water partition coefficient (Wildman–Crippen LogP) is 0.151. The summed E-state index contributed by atoms with van der Waals surface area (Å²) in [6.07, 6.45) is 1.46. The van der Waals surface area contributed by atoms with Crippen molar-refractivity contribution in [1.29, 1.82) is 0 Å². The largest absolute Gasteiger partial charge is 0.480 e. The molecule has 3 rings (SSSR count). The first-order valence-electron chi connectivity index (χ1n) is 8.58. The molecule has 1 saturated carbocycles. The smallest absolute Gasteiger partial charge is 0.326 e. The number of carboxylic acids is 1. The SMILES string of the molecule is CC(C(=O)O)N(C(=O)C1CC(=O)N(c2cccc(S(N)(=O)=O)c2)C1)C1CC1. The molecule has 1 aromatic carbocycles. The van der Waals surface area contributed by atoms with Gasteiger partial charge in [-0.15, -0.1) is 0 Å². The molecule has 1 aliphatic heterocycles. The number of primary sulfonamides is 1. The van der Waals surface area contributed by atoms with Crippen molar-refractivity contribution in [2.45, 2.75) is 43.2 Å². The Hall–Kier alpha value is -2.46. The van der Waals surface area contributed by atoms with E-state index in [4.69, 9.17) is 5.14 Å². The maximum absolute atomic E-state index is 12.9. The maximum atomic E-state index is 12.9. The molecule has 2 atom stereocenters. The summed E-state index contributed by atoms with van der Waals surface area (Å²) in [7, 11) is -3.92. The Morgan fingerprint density at radius 3 is 2.56 bits per heavy atom. The van der Waals surface area contributed by atoms with E-state index in [1.54, 1.807) is 6.07 Å². The fourth-order valence-electron chi connectivity index (χ4n) is 3.32. The monoisotopic (exact) mass is 395 g/mol. The highest BCUT2D eigenvalue weighted by atomic mass is 32.2. The van der Waals surface area contributed by atoms with E-state index < -0.39 is 28.0 Å². The summed E-state index contributed by atoms with van der Waals surface area (Å²) in [4.78, 5) is 39.2. The van der Waals surface area contributed by atoms with E-state index in [0.29, 0.717) is 5.69 Å². The fraction of sp³-hybridized carbons (Fsp3) is 0.471. The molecule has 9 nitrogen and oxygen atoms in total. The minimum atomic E-state index is -3.92. The Balaban J connectivity index is 1.81. The van der Waals surface area contributed by atoms with E-state index >= 15 is 0 Å². The van der Waals surface area contributed by atoms with Crippen molar-refractivity contribution in [1.82, 2.24) is 4.90 Å². The summed E-state index contributed by atoms with van der Waals surface area (Å²) in [6, 6.07) is 4.60. The second-order valence-electron chi connectivity index (χ2n) is 6.94. The van der Waals surface area contributed by atoms with Gasteiger partial charge in [0.25, 0.3) is 0 Å². The molecule has 1 aromatic rings. The van der Waals surface area contributed by atoms with Gasteiger partial charge in [0, 0.05) is 24.7 Å². The lowest BCUT2D eigenvalue weighted by atomic mass is 10.1. The van der Waals surface area contributed by atoms with Crippen LogP contribution in [-0.4, -0.2) is 54.8 Å². The molecule has 0 aromatic heterocycles. The molecular formula is C17H21N3O6S. The molecule has 1 heterocycles. The standard InChI is InChI=1S/C17H21N3O6S/c1-10(17(23)24)20(12-5-6-12)16(22)11-7-15(21)19(9-11)13-3-2-4-14(8-13)27(18,25)26/h2-4,8,10-12H,5-7,9H2,1H3,(H,23,24)(H2,18,25,26). The van der Waals surface area contributed by atoms with Gasteiger partial charge in [0.05, 0.1) is 10.8 Å². The van der Waals surface area contributed by atoms with Crippen LogP contribution in [0.1, 0.15) is 26.2 Å². The molecule has 27 heavy (non-hydrogen) atoms. The third-order valence-electron chi connectivity index (χ3n) is 4.90. The number of amides is 2. The average Bonchev–Trinajstić information content (AvgIpc) is 3.35. The van der Waals surface area contributed by atoms with E-state index in [-0.39, 0.29) is 35.7 Å². The number of benzene rings is 1. The van der Waals surface area contributed by atoms with Crippen LogP contribution in [0.3, 0.4) is 0 Å². The number of hydrogen-bond donors (Lipinski definition) is 2. The summed E-state index contributed by atoms with van der Waals surface area (Å²) in [5.41, 5.74) is 0.339. The van der Waals surface area contributed by atoms with Crippen LogP contribution in [-0.2, 0) is 24.4 Å². The van der Waals surface area contributed by atoms with Crippen LogP contribution >= 0.6 is 0 Å². The molecule has 1 aliphatic carbocycles. The number of rotatable bonds is 6. The third-order valence-corrected chi connectivity index (χ3v) is 5.81. The molecule has 3 N–H and O–H groups in total. The Kier molecular flexibility index (Phi) is 4.96. The van der Waals surface area contributed by atoms with Gasteiger partial charge in [-0.3, -0.25) is 9.59 Å². The minimum absolute atomic E-state index is 0.0476. The Morgan fingerprint density at radius 1 is 1.33 bits per heavy atom. The topological polar surface area (TPSA) is 138 Å². The number of nitrogens with two attached hydrogens (primary N) is 1. The Bertz CT molecular complexity index is 896. The summed E-state index contributed by atoms with van der Waals surface area (Å²) in [5.74, 6) is -2.43. The summed E-state index contributed by atoms with van der Waals surface area (Å²) in [5, 5.41) is 14.4. The summed E-state index contributed by atoms with van der Waals surface area (Å²) in [6.45, 7) is 1.53. The lowest BCUT2D eigenvalue weighted by molar-refractivity contribution is -0.151. The molecular weight excluding hydrogens is 374 g/mol. The van der Waals surface area contributed by atoms with Crippen molar-refractivity contribution in [3.05, 3.63) is 24.3 Å². The number of carbonyl (C=O) groups is 3. The van der Waals surface area contributed by atoms with Gasteiger partial charge < -0.3 is 14.9 Å². The molecule has 2 fully saturated rings. The normalized spacial score (nSPS) is 21.2. The van der Waals surface area contributed by atoms with Gasteiger partial charge in [0.1, 0.15) is 6.04 Å². The summed E-state index contributed by atoms with van der Waals surface area (Å²) < 4.78 is 23.0. The van der Waals surface area contributed by atoms with Crippen molar-refractivity contribution >= 4 is 33.5 Å². The molecule has 1 saturated heterocycles. The number of carboxylic acid groups (broad SMARTS) is 1. The Morgan fingerprint density at radius 2 is 2.00 bits per heavy atom. The van der Waals surface area contributed by atoms with Crippen molar-refractivity contribution in [3.63, 3.8) is 0 Å². The van der Waals surface area contributed by atoms with Gasteiger partial charge in [0.15, 0.2) is 0 Å².